The number of nitrogens with zero attached hydrogens (tertiary/aromatic N) is 1. The van der Waals surface area contributed by atoms with Gasteiger partial charge in [-0.1, -0.05) is 18.2 Å². The monoisotopic (exact) mass is 207 g/mol. The number of nitrogens with two attached hydrogens (primary N) is 1. The Labute approximate surface area is 89.9 Å². The third kappa shape index (κ3) is 3.23. The highest BCUT2D eigenvalue weighted by molar-refractivity contribution is 5.99. The van der Waals surface area contributed by atoms with Crippen LogP contribution in [0.25, 0.3) is 0 Å². The zero-order valence-electron chi connectivity index (χ0n) is 9.21. The zero-order chi connectivity index (χ0) is 11.4. The lowest BCUT2D eigenvalue weighted by atomic mass is 9.97. The molecule has 0 aromatic carbocycles. The predicted molar refractivity (Wildman–Crippen MR) is 61.4 cm³/mol. The minimum absolute atomic E-state index is 0.513. The molecule has 0 aromatic heterocycles. The van der Waals surface area contributed by atoms with Crippen LogP contribution in [0.3, 0.4) is 0 Å². The van der Waals surface area contributed by atoms with Crippen LogP contribution in [0.1, 0.15) is 26.7 Å². The predicted octanol–water partition coefficient (Wildman–Crippen LogP) is 1.94. The van der Waals surface area contributed by atoms with Gasteiger partial charge in [0.05, 0.1) is 5.71 Å². The van der Waals surface area contributed by atoms with Gasteiger partial charge in [0.1, 0.15) is 0 Å². The standard InChI is InChI=1S/C11H17N3O/c1-7(2)9-4-5-10(6-9)8(3)13-14-11(12)15/h5,9H,1,4,6H2,2-3H3,(H3,12,14,15). The van der Waals surface area contributed by atoms with E-state index < -0.39 is 6.03 Å². The molecule has 2 amide bonds. The SMILES string of the molecule is C=C(C)C1CC=C(C(C)=NNC(N)=O)C1. The molecule has 82 valence electrons. The number of carbonyl (C=O) groups excluding carboxylic acids is 1. The Morgan fingerprint density at radius 1 is 1.67 bits per heavy atom. The normalized spacial score (nSPS) is 21.1. The van der Waals surface area contributed by atoms with Crippen molar-refractivity contribution in [2.75, 3.05) is 0 Å². The fourth-order valence-electron chi connectivity index (χ4n) is 1.60. The largest absolute Gasteiger partial charge is 0.350 e. The molecule has 3 N–H and O–H groups in total. The first-order valence-corrected chi connectivity index (χ1v) is 4.95. The summed E-state index contributed by atoms with van der Waals surface area (Å²) in [5.41, 5.74) is 10.3. The van der Waals surface area contributed by atoms with Gasteiger partial charge in [0.25, 0.3) is 0 Å². The Hall–Kier alpha value is -1.58. The van der Waals surface area contributed by atoms with E-state index >= 15 is 0 Å². The lowest BCUT2D eigenvalue weighted by Crippen LogP contribution is -2.25. The summed E-state index contributed by atoms with van der Waals surface area (Å²) in [5.74, 6) is 0.513. The van der Waals surface area contributed by atoms with Gasteiger partial charge >= 0.3 is 6.03 Å². The number of nitrogens with one attached hydrogen (secondary N) is 1. The van der Waals surface area contributed by atoms with Gasteiger partial charge < -0.3 is 5.73 Å². The fourth-order valence-corrected chi connectivity index (χ4v) is 1.60. The van der Waals surface area contributed by atoms with Gasteiger partial charge in [0, 0.05) is 0 Å². The molecule has 0 radical (unpaired) electrons. The molecule has 0 spiro atoms. The number of amides is 2. The second-order valence-electron chi connectivity index (χ2n) is 3.89. The molecular formula is C11H17N3O. The van der Waals surface area contributed by atoms with Gasteiger partial charge in [-0.05, 0) is 38.2 Å². The molecule has 0 bridgehead atoms. The zero-order valence-corrected chi connectivity index (χ0v) is 9.21. The van der Waals surface area contributed by atoms with Crippen LogP contribution in [0.2, 0.25) is 0 Å². The first-order valence-electron chi connectivity index (χ1n) is 4.95. The molecule has 0 aliphatic heterocycles. The van der Waals surface area contributed by atoms with Crippen LogP contribution in [0.5, 0.6) is 0 Å². The Kier molecular flexibility index (Phi) is 3.66. The van der Waals surface area contributed by atoms with E-state index in [1.54, 1.807) is 0 Å². The van der Waals surface area contributed by atoms with E-state index in [-0.39, 0.29) is 0 Å². The van der Waals surface area contributed by atoms with Crippen molar-refractivity contribution in [2.45, 2.75) is 26.7 Å². The van der Waals surface area contributed by atoms with Crippen LogP contribution in [-0.2, 0) is 0 Å². The highest BCUT2D eigenvalue weighted by Gasteiger charge is 2.18. The maximum atomic E-state index is 10.5. The summed E-state index contributed by atoms with van der Waals surface area (Å²) in [7, 11) is 0. The number of hydrogen-bond acceptors (Lipinski definition) is 2. The van der Waals surface area contributed by atoms with E-state index in [4.69, 9.17) is 5.73 Å². The van der Waals surface area contributed by atoms with Gasteiger partial charge in [-0.25, -0.2) is 10.2 Å². The van der Waals surface area contributed by atoms with Crippen LogP contribution in [0, 0.1) is 5.92 Å². The molecule has 4 nitrogen and oxygen atoms in total. The molecule has 0 aromatic rings. The molecule has 0 saturated heterocycles. The minimum Gasteiger partial charge on any atom is -0.350 e. The van der Waals surface area contributed by atoms with E-state index in [0.717, 1.165) is 24.1 Å². The van der Waals surface area contributed by atoms with E-state index in [1.165, 1.54) is 5.57 Å². The summed E-state index contributed by atoms with van der Waals surface area (Å²) in [6.07, 6.45) is 4.10. The molecule has 0 heterocycles. The number of allylic oxidation sites excluding steroid dienone is 3. The summed E-state index contributed by atoms with van der Waals surface area (Å²) in [6.45, 7) is 7.84. The second-order valence-corrected chi connectivity index (χ2v) is 3.89. The van der Waals surface area contributed by atoms with Crippen LogP contribution in [0.15, 0.2) is 28.9 Å². The molecule has 1 aliphatic rings. The third-order valence-corrected chi connectivity index (χ3v) is 2.61. The number of hydrazone groups is 1. The molecule has 1 aliphatic carbocycles. The summed E-state index contributed by atoms with van der Waals surface area (Å²) in [6, 6.07) is -0.635. The number of primary amides is 1. The fraction of sp³-hybridized carbons (Fsp3) is 0.455. The minimum atomic E-state index is -0.635. The van der Waals surface area contributed by atoms with Crippen molar-refractivity contribution in [3.05, 3.63) is 23.8 Å². The van der Waals surface area contributed by atoms with E-state index in [9.17, 15) is 4.79 Å². The topological polar surface area (TPSA) is 67.5 Å². The summed E-state index contributed by atoms with van der Waals surface area (Å²) in [5, 5.41) is 3.89. The second kappa shape index (κ2) is 4.77. The first-order chi connectivity index (χ1) is 7.00. The summed E-state index contributed by atoms with van der Waals surface area (Å²) >= 11 is 0. The summed E-state index contributed by atoms with van der Waals surface area (Å²) < 4.78 is 0. The Morgan fingerprint density at radius 2 is 2.33 bits per heavy atom. The van der Waals surface area contributed by atoms with E-state index in [0.29, 0.717) is 5.92 Å². The van der Waals surface area contributed by atoms with Gasteiger partial charge in [0.15, 0.2) is 0 Å². The average molecular weight is 207 g/mol. The molecular weight excluding hydrogens is 190 g/mol. The smallest absolute Gasteiger partial charge is 0.332 e. The van der Waals surface area contributed by atoms with Gasteiger partial charge in [-0.15, -0.1) is 0 Å². The summed E-state index contributed by atoms with van der Waals surface area (Å²) in [4.78, 5) is 10.5. The average Bonchev–Trinajstić information content (AvgIpc) is 2.62. The number of hydrogen-bond donors (Lipinski definition) is 2. The lowest BCUT2D eigenvalue weighted by Gasteiger charge is -2.09. The molecule has 0 saturated carbocycles. The number of carbonyl (C=O) groups is 1. The van der Waals surface area contributed by atoms with Crippen LogP contribution < -0.4 is 11.2 Å². The number of urea groups is 1. The lowest BCUT2D eigenvalue weighted by molar-refractivity contribution is 0.249. The van der Waals surface area contributed by atoms with Crippen molar-refractivity contribution in [3.63, 3.8) is 0 Å². The van der Waals surface area contributed by atoms with Crippen LogP contribution in [-0.4, -0.2) is 11.7 Å². The molecule has 4 heteroatoms. The van der Waals surface area contributed by atoms with Crippen molar-refractivity contribution in [3.8, 4) is 0 Å². The Bertz CT molecular complexity index is 342. The molecule has 0 fully saturated rings. The highest BCUT2D eigenvalue weighted by Crippen LogP contribution is 2.30. The van der Waals surface area contributed by atoms with E-state index in [1.807, 2.05) is 13.8 Å². The van der Waals surface area contributed by atoms with Crippen LogP contribution >= 0.6 is 0 Å². The quantitative estimate of drug-likeness (QED) is 0.414. The third-order valence-electron chi connectivity index (χ3n) is 2.61. The van der Waals surface area contributed by atoms with Gasteiger partial charge in [-0.3, -0.25) is 0 Å². The molecule has 15 heavy (non-hydrogen) atoms. The maximum absolute atomic E-state index is 10.5. The van der Waals surface area contributed by atoms with Gasteiger partial charge in [-0.2, -0.15) is 5.10 Å². The Balaban J connectivity index is 2.56. The van der Waals surface area contributed by atoms with Crippen molar-refractivity contribution in [1.29, 1.82) is 0 Å². The van der Waals surface area contributed by atoms with Crippen molar-refractivity contribution < 1.29 is 4.79 Å². The van der Waals surface area contributed by atoms with E-state index in [2.05, 4.69) is 23.2 Å². The van der Waals surface area contributed by atoms with Crippen molar-refractivity contribution in [2.24, 2.45) is 16.8 Å². The Morgan fingerprint density at radius 3 is 2.80 bits per heavy atom. The molecule has 1 atom stereocenters. The number of rotatable bonds is 3. The highest BCUT2D eigenvalue weighted by atomic mass is 16.2. The molecule has 1 unspecified atom stereocenters. The maximum Gasteiger partial charge on any atom is 0.332 e. The van der Waals surface area contributed by atoms with Crippen LogP contribution in [0.4, 0.5) is 4.79 Å². The first kappa shape index (κ1) is 11.5. The van der Waals surface area contributed by atoms with Crippen molar-refractivity contribution in [1.82, 2.24) is 5.43 Å². The van der Waals surface area contributed by atoms with Crippen molar-refractivity contribution >= 4 is 11.7 Å². The van der Waals surface area contributed by atoms with Gasteiger partial charge in [0.2, 0.25) is 0 Å². The molecule has 1 rings (SSSR count).